The van der Waals surface area contributed by atoms with Gasteiger partial charge in [0.15, 0.2) is 0 Å². The first-order chi connectivity index (χ1) is 9.78. The summed E-state index contributed by atoms with van der Waals surface area (Å²) >= 11 is 5.77. The van der Waals surface area contributed by atoms with Crippen LogP contribution in [0.1, 0.15) is 16.1 Å². The normalized spacial score (nSPS) is 11.4. The Labute approximate surface area is 125 Å². The van der Waals surface area contributed by atoms with Crippen LogP contribution in [0.15, 0.2) is 30.5 Å². The molecule has 0 saturated heterocycles. The molecule has 0 saturated carbocycles. The molecule has 6 nitrogen and oxygen atoms in total. The number of benzene rings is 1. The maximum Gasteiger partial charge on any atom is 0.284 e. The third kappa shape index (κ3) is 3.79. The number of hydrogen-bond donors (Lipinski definition) is 1. The zero-order valence-electron chi connectivity index (χ0n) is 10.9. The van der Waals surface area contributed by atoms with Crippen molar-refractivity contribution in [2.24, 2.45) is 7.05 Å². The lowest BCUT2D eigenvalue weighted by atomic mass is 10.2. The topological polar surface area (TPSA) is 81.1 Å². The Morgan fingerprint density at radius 1 is 1.38 bits per heavy atom. The second-order valence-electron chi connectivity index (χ2n) is 4.28. The Bertz CT molecular complexity index is 752. The molecule has 1 N–H and O–H groups in total. The zero-order valence-corrected chi connectivity index (χ0v) is 12.4. The molecule has 0 aliphatic carbocycles. The number of aromatic nitrogens is 2. The Balaban J connectivity index is 2.14. The molecule has 0 aliphatic heterocycles. The van der Waals surface area contributed by atoms with Gasteiger partial charge in [-0.15, -0.1) is 0 Å². The van der Waals surface area contributed by atoms with Gasteiger partial charge in [-0.1, -0.05) is 23.7 Å². The van der Waals surface area contributed by atoms with Crippen LogP contribution in [0, 0.1) is 5.82 Å². The van der Waals surface area contributed by atoms with E-state index in [0.29, 0.717) is 5.56 Å². The van der Waals surface area contributed by atoms with Crippen LogP contribution in [-0.4, -0.2) is 24.1 Å². The summed E-state index contributed by atoms with van der Waals surface area (Å²) in [6.45, 7) is 0. The lowest BCUT2D eigenvalue weighted by Crippen LogP contribution is -2.33. The fourth-order valence-corrected chi connectivity index (χ4v) is 3.03. The van der Waals surface area contributed by atoms with Gasteiger partial charge in [0, 0.05) is 7.05 Å². The first-order valence-corrected chi connectivity index (χ1v) is 7.78. The van der Waals surface area contributed by atoms with Gasteiger partial charge in [0.2, 0.25) is 10.0 Å². The largest absolute Gasteiger partial charge is 0.284 e. The van der Waals surface area contributed by atoms with Crippen molar-refractivity contribution in [3.05, 3.63) is 52.6 Å². The van der Waals surface area contributed by atoms with E-state index >= 15 is 0 Å². The Morgan fingerprint density at radius 3 is 2.52 bits per heavy atom. The molecule has 0 aliphatic rings. The third-order valence-corrected chi connectivity index (χ3v) is 4.11. The number of nitrogens with zero attached hydrogens (tertiary/aromatic N) is 2. The van der Waals surface area contributed by atoms with Crippen molar-refractivity contribution < 1.29 is 17.6 Å². The summed E-state index contributed by atoms with van der Waals surface area (Å²) in [5.74, 6) is -1.79. The summed E-state index contributed by atoms with van der Waals surface area (Å²) in [6, 6.07) is 4.95. The van der Waals surface area contributed by atoms with Crippen LogP contribution < -0.4 is 4.72 Å². The molecule has 2 aromatic rings. The Hall–Kier alpha value is -1.93. The molecule has 1 aromatic heterocycles. The summed E-state index contributed by atoms with van der Waals surface area (Å²) in [5.41, 5.74) is 0.298. The molecular weight excluding hydrogens is 321 g/mol. The van der Waals surface area contributed by atoms with Crippen molar-refractivity contribution in [1.29, 1.82) is 0 Å². The molecule has 0 spiro atoms. The van der Waals surface area contributed by atoms with Gasteiger partial charge in [-0.2, -0.15) is 5.10 Å². The lowest BCUT2D eigenvalue weighted by Gasteiger charge is -2.07. The maximum atomic E-state index is 12.8. The number of aryl methyl sites for hydroxylation is 1. The number of carbonyl (C=O) groups is 1. The van der Waals surface area contributed by atoms with E-state index in [2.05, 4.69) is 5.10 Å². The summed E-state index contributed by atoms with van der Waals surface area (Å²) in [5, 5.41) is 3.80. The maximum absolute atomic E-state index is 12.8. The fourth-order valence-electron chi connectivity index (χ4n) is 1.69. The second-order valence-corrected chi connectivity index (χ2v) is 6.41. The standard InChI is InChI=1S/C12H11ClFN3O3S/c1-17-11(10(13)6-15-17)12(18)16-21(19,20)7-8-2-4-9(14)5-3-8/h2-6H,7H2,1H3,(H,16,18). The van der Waals surface area contributed by atoms with Gasteiger partial charge in [0.1, 0.15) is 11.5 Å². The van der Waals surface area contributed by atoms with E-state index in [1.165, 1.54) is 30.1 Å². The molecule has 1 aromatic carbocycles. The highest BCUT2D eigenvalue weighted by atomic mass is 35.5. The Morgan fingerprint density at radius 2 is 2.00 bits per heavy atom. The van der Waals surface area contributed by atoms with E-state index in [1.54, 1.807) is 0 Å². The van der Waals surface area contributed by atoms with Gasteiger partial charge < -0.3 is 0 Å². The molecule has 1 amide bonds. The van der Waals surface area contributed by atoms with Crippen LogP contribution >= 0.6 is 11.6 Å². The lowest BCUT2D eigenvalue weighted by molar-refractivity contribution is 0.0972. The number of sulfonamides is 1. The highest BCUT2D eigenvalue weighted by molar-refractivity contribution is 7.89. The molecule has 0 radical (unpaired) electrons. The van der Waals surface area contributed by atoms with Gasteiger partial charge in [-0.25, -0.2) is 17.5 Å². The van der Waals surface area contributed by atoms with Crippen LogP contribution in [-0.2, 0) is 22.8 Å². The van der Waals surface area contributed by atoms with Gasteiger partial charge in [-0.05, 0) is 17.7 Å². The summed E-state index contributed by atoms with van der Waals surface area (Å²) in [7, 11) is -2.46. The highest BCUT2D eigenvalue weighted by Crippen LogP contribution is 2.14. The number of hydrogen-bond acceptors (Lipinski definition) is 4. The molecule has 0 unspecified atom stereocenters. The van der Waals surface area contributed by atoms with E-state index in [4.69, 9.17) is 11.6 Å². The van der Waals surface area contributed by atoms with Gasteiger partial charge >= 0.3 is 0 Å². The smallest absolute Gasteiger partial charge is 0.266 e. The molecule has 1 heterocycles. The quantitative estimate of drug-likeness (QED) is 0.920. The van der Waals surface area contributed by atoms with E-state index < -0.39 is 27.5 Å². The van der Waals surface area contributed by atoms with Gasteiger partial charge in [0.25, 0.3) is 5.91 Å². The molecule has 9 heteroatoms. The SMILES string of the molecule is Cn1ncc(Cl)c1C(=O)NS(=O)(=O)Cc1ccc(F)cc1. The summed E-state index contributed by atoms with van der Waals surface area (Å²) < 4.78 is 39.7. The third-order valence-electron chi connectivity index (χ3n) is 2.63. The van der Waals surface area contributed by atoms with Crippen molar-refractivity contribution in [1.82, 2.24) is 14.5 Å². The highest BCUT2D eigenvalue weighted by Gasteiger charge is 2.21. The monoisotopic (exact) mass is 331 g/mol. The molecule has 0 fully saturated rings. The number of amides is 1. The van der Waals surface area contributed by atoms with E-state index in [1.807, 2.05) is 4.72 Å². The first-order valence-electron chi connectivity index (χ1n) is 5.75. The van der Waals surface area contributed by atoms with Gasteiger partial charge in [-0.3, -0.25) is 9.48 Å². The predicted molar refractivity (Wildman–Crippen MR) is 74.7 cm³/mol. The fraction of sp³-hybridized carbons (Fsp3) is 0.167. The molecule has 2 rings (SSSR count). The van der Waals surface area contributed by atoms with Crippen molar-refractivity contribution >= 4 is 27.5 Å². The number of rotatable bonds is 4. The molecule has 0 atom stereocenters. The predicted octanol–water partition coefficient (Wildman–Crippen LogP) is 1.47. The average Bonchev–Trinajstić information content (AvgIpc) is 2.71. The van der Waals surface area contributed by atoms with Crippen molar-refractivity contribution in [2.45, 2.75) is 5.75 Å². The first kappa shape index (κ1) is 15.5. The van der Waals surface area contributed by atoms with Crippen LogP contribution in [0.25, 0.3) is 0 Å². The molecular formula is C12H11ClFN3O3S. The molecule has 0 bridgehead atoms. The van der Waals surface area contributed by atoms with Gasteiger partial charge in [0.05, 0.1) is 17.0 Å². The van der Waals surface area contributed by atoms with Crippen LogP contribution in [0.5, 0.6) is 0 Å². The number of carbonyl (C=O) groups excluding carboxylic acids is 1. The summed E-state index contributed by atoms with van der Waals surface area (Å²) in [4.78, 5) is 11.9. The summed E-state index contributed by atoms with van der Waals surface area (Å²) in [6.07, 6.45) is 1.24. The second kappa shape index (κ2) is 5.82. The Kier molecular flexibility index (Phi) is 4.29. The van der Waals surface area contributed by atoms with E-state index in [0.717, 1.165) is 12.1 Å². The van der Waals surface area contributed by atoms with Crippen molar-refractivity contribution in [3.63, 3.8) is 0 Å². The van der Waals surface area contributed by atoms with E-state index in [9.17, 15) is 17.6 Å². The van der Waals surface area contributed by atoms with Crippen LogP contribution in [0.3, 0.4) is 0 Å². The minimum Gasteiger partial charge on any atom is -0.266 e. The minimum atomic E-state index is -3.93. The number of halogens is 2. The van der Waals surface area contributed by atoms with Crippen molar-refractivity contribution in [2.75, 3.05) is 0 Å². The number of nitrogens with one attached hydrogen (secondary N) is 1. The minimum absolute atomic E-state index is 0.0481. The van der Waals surface area contributed by atoms with Crippen LogP contribution in [0.2, 0.25) is 5.02 Å². The molecule has 21 heavy (non-hydrogen) atoms. The average molecular weight is 332 g/mol. The molecule has 112 valence electrons. The van der Waals surface area contributed by atoms with Crippen LogP contribution in [0.4, 0.5) is 4.39 Å². The van der Waals surface area contributed by atoms with E-state index in [-0.39, 0.29) is 10.7 Å². The zero-order chi connectivity index (χ0) is 15.6. The van der Waals surface area contributed by atoms with Crippen molar-refractivity contribution in [3.8, 4) is 0 Å².